The first-order valence-electron chi connectivity index (χ1n) is 7.40. The van der Waals surface area contributed by atoms with Crippen LogP contribution in [0.15, 0.2) is 30.5 Å². The first-order chi connectivity index (χ1) is 12.3. The maximum absolute atomic E-state index is 12.5. The Morgan fingerprint density at radius 2 is 1.69 bits per heavy atom. The van der Waals surface area contributed by atoms with Gasteiger partial charge in [-0.1, -0.05) is 0 Å². The highest BCUT2D eigenvalue weighted by molar-refractivity contribution is 5.93. The van der Waals surface area contributed by atoms with Gasteiger partial charge < -0.3 is 19.5 Å². The number of pyridine rings is 1. The molecule has 6 nitrogen and oxygen atoms in total. The SMILES string of the molecule is COc1cc(CNC(=O)c2ccc(C(F)(F)F)nc2)cc(OC)c1OC. The van der Waals surface area contributed by atoms with E-state index in [0.29, 0.717) is 22.8 Å². The van der Waals surface area contributed by atoms with E-state index in [1.165, 1.54) is 21.3 Å². The Morgan fingerprint density at radius 1 is 1.08 bits per heavy atom. The summed E-state index contributed by atoms with van der Waals surface area (Å²) in [6.45, 7) is 0.108. The highest BCUT2D eigenvalue weighted by Crippen LogP contribution is 2.38. The van der Waals surface area contributed by atoms with Gasteiger partial charge in [-0.3, -0.25) is 9.78 Å². The lowest BCUT2D eigenvalue weighted by Gasteiger charge is -2.14. The predicted octanol–water partition coefficient (Wildman–Crippen LogP) is 3.06. The maximum atomic E-state index is 12.5. The molecule has 2 aromatic rings. The Balaban J connectivity index is 2.12. The molecule has 1 aromatic carbocycles. The summed E-state index contributed by atoms with van der Waals surface area (Å²) >= 11 is 0. The summed E-state index contributed by atoms with van der Waals surface area (Å²) in [5.41, 5.74) is -0.378. The smallest absolute Gasteiger partial charge is 0.433 e. The number of rotatable bonds is 6. The van der Waals surface area contributed by atoms with Crippen LogP contribution >= 0.6 is 0 Å². The number of hydrogen-bond donors (Lipinski definition) is 1. The van der Waals surface area contributed by atoms with Crippen LogP contribution in [0, 0.1) is 0 Å². The lowest BCUT2D eigenvalue weighted by molar-refractivity contribution is -0.141. The summed E-state index contributed by atoms with van der Waals surface area (Å²) in [5, 5.41) is 2.60. The van der Waals surface area contributed by atoms with E-state index in [0.717, 1.165) is 18.3 Å². The minimum atomic E-state index is -4.55. The molecule has 0 saturated heterocycles. The standard InChI is InChI=1S/C17H17F3N2O4/c1-24-12-6-10(7-13(25-2)15(12)26-3)8-22-16(23)11-4-5-14(21-9-11)17(18,19)20/h4-7,9H,8H2,1-3H3,(H,22,23). The zero-order chi connectivity index (χ0) is 19.3. The third-order valence-corrected chi connectivity index (χ3v) is 3.49. The van der Waals surface area contributed by atoms with Gasteiger partial charge in [-0.15, -0.1) is 0 Å². The van der Waals surface area contributed by atoms with Crippen molar-refractivity contribution < 1.29 is 32.2 Å². The molecule has 2 rings (SSSR count). The molecular weight excluding hydrogens is 353 g/mol. The van der Waals surface area contributed by atoms with Gasteiger partial charge in [0.2, 0.25) is 5.75 Å². The van der Waals surface area contributed by atoms with Crippen molar-refractivity contribution in [2.24, 2.45) is 0 Å². The van der Waals surface area contributed by atoms with Crippen molar-refractivity contribution in [1.29, 1.82) is 0 Å². The summed E-state index contributed by atoms with van der Waals surface area (Å²) in [7, 11) is 4.40. The van der Waals surface area contributed by atoms with Crippen LogP contribution in [0.1, 0.15) is 21.6 Å². The minimum absolute atomic E-state index is 0.0189. The van der Waals surface area contributed by atoms with Crippen molar-refractivity contribution >= 4 is 5.91 Å². The Hall–Kier alpha value is -2.97. The van der Waals surface area contributed by atoms with Crippen LogP contribution in [-0.2, 0) is 12.7 Å². The van der Waals surface area contributed by atoms with Crippen molar-refractivity contribution in [3.8, 4) is 17.2 Å². The molecule has 140 valence electrons. The molecule has 26 heavy (non-hydrogen) atoms. The molecule has 0 aliphatic rings. The zero-order valence-corrected chi connectivity index (χ0v) is 14.3. The van der Waals surface area contributed by atoms with Crippen molar-refractivity contribution in [3.63, 3.8) is 0 Å². The quantitative estimate of drug-likeness (QED) is 0.846. The summed E-state index contributed by atoms with van der Waals surface area (Å²) in [6, 6.07) is 5.15. The maximum Gasteiger partial charge on any atom is 0.433 e. The summed E-state index contributed by atoms with van der Waals surface area (Å²) in [5.74, 6) is 0.705. The topological polar surface area (TPSA) is 69.7 Å². The monoisotopic (exact) mass is 370 g/mol. The summed E-state index contributed by atoms with van der Waals surface area (Å²) < 4.78 is 53.1. The number of nitrogens with zero attached hydrogens (tertiary/aromatic N) is 1. The lowest BCUT2D eigenvalue weighted by Crippen LogP contribution is -2.23. The number of carbonyl (C=O) groups is 1. The van der Waals surface area contributed by atoms with Gasteiger partial charge in [0.15, 0.2) is 11.5 Å². The van der Waals surface area contributed by atoms with E-state index < -0.39 is 17.8 Å². The third-order valence-electron chi connectivity index (χ3n) is 3.49. The summed E-state index contributed by atoms with van der Waals surface area (Å²) in [6.07, 6.45) is -3.67. The molecule has 1 amide bonds. The Morgan fingerprint density at radius 3 is 2.12 bits per heavy atom. The number of aromatic nitrogens is 1. The van der Waals surface area contributed by atoms with Gasteiger partial charge in [0, 0.05) is 12.7 Å². The van der Waals surface area contributed by atoms with Crippen LogP contribution in [0.4, 0.5) is 13.2 Å². The normalized spacial score (nSPS) is 11.0. The number of amides is 1. The Bertz CT molecular complexity index is 752. The van der Waals surface area contributed by atoms with Gasteiger partial charge in [0.05, 0.1) is 26.9 Å². The van der Waals surface area contributed by atoms with Gasteiger partial charge in [0.25, 0.3) is 5.91 Å². The fourth-order valence-electron chi connectivity index (χ4n) is 2.22. The molecule has 0 aliphatic heterocycles. The first-order valence-corrected chi connectivity index (χ1v) is 7.40. The number of methoxy groups -OCH3 is 3. The van der Waals surface area contributed by atoms with Crippen LogP contribution in [0.2, 0.25) is 0 Å². The third kappa shape index (κ3) is 4.35. The average molecular weight is 370 g/mol. The molecule has 0 radical (unpaired) electrons. The second-order valence-electron chi connectivity index (χ2n) is 5.15. The van der Waals surface area contributed by atoms with E-state index in [1.54, 1.807) is 12.1 Å². The highest BCUT2D eigenvalue weighted by Gasteiger charge is 2.32. The molecule has 0 aliphatic carbocycles. The van der Waals surface area contributed by atoms with Crippen LogP contribution in [0.3, 0.4) is 0 Å². The van der Waals surface area contributed by atoms with Crippen LogP contribution < -0.4 is 19.5 Å². The number of halogens is 3. The predicted molar refractivity (Wildman–Crippen MR) is 86.5 cm³/mol. The van der Waals surface area contributed by atoms with Gasteiger partial charge in [0.1, 0.15) is 5.69 Å². The van der Waals surface area contributed by atoms with Crippen LogP contribution in [0.25, 0.3) is 0 Å². The first kappa shape index (κ1) is 19.4. The van der Waals surface area contributed by atoms with E-state index >= 15 is 0 Å². The molecule has 9 heteroatoms. The molecule has 1 heterocycles. The van der Waals surface area contributed by atoms with Crippen molar-refractivity contribution in [2.45, 2.75) is 12.7 Å². The van der Waals surface area contributed by atoms with Crippen molar-refractivity contribution in [1.82, 2.24) is 10.3 Å². The second-order valence-corrected chi connectivity index (χ2v) is 5.15. The average Bonchev–Trinajstić information content (AvgIpc) is 2.64. The molecule has 0 fully saturated rings. The molecule has 1 aromatic heterocycles. The Labute approximate surface area is 147 Å². The molecule has 0 saturated carbocycles. The van der Waals surface area contributed by atoms with Gasteiger partial charge >= 0.3 is 6.18 Å². The summed E-state index contributed by atoms with van der Waals surface area (Å²) in [4.78, 5) is 15.4. The number of alkyl halides is 3. The van der Waals surface area contributed by atoms with E-state index in [-0.39, 0.29) is 12.1 Å². The molecule has 0 atom stereocenters. The molecule has 1 N–H and O–H groups in total. The number of benzene rings is 1. The molecule has 0 unspecified atom stereocenters. The molecule has 0 spiro atoms. The van der Waals surface area contributed by atoms with E-state index in [4.69, 9.17) is 14.2 Å². The number of carbonyl (C=O) groups excluding carboxylic acids is 1. The molecular formula is C17H17F3N2O4. The largest absolute Gasteiger partial charge is 0.493 e. The highest BCUT2D eigenvalue weighted by atomic mass is 19.4. The number of ether oxygens (including phenoxy) is 3. The number of nitrogens with one attached hydrogen (secondary N) is 1. The fraction of sp³-hybridized carbons (Fsp3) is 0.294. The zero-order valence-electron chi connectivity index (χ0n) is 14.3. The van der Waals surface area contributed by atoms with Gasteiger partial charge in [-0.25, -0.2) is 0 Å². The van der Waals surface area contributed by atoms with E-state index in [1.807, 2.05) is 0 Å². The Kier molecular flexibility index (Phi) is 5.91. The van der Waals surface area contributed by atoms with Crippen LogP contribution in [0.5, 0.6) is 17.2 Å². The fourth-order valence-corrected chi connectivity index (χ4v) is 2.22. The van der Waals surface area contributed by atoms with Crippen LogP contribution in [-0.4, -0.2) is 32.2 Å². The van der Waals surface area contributed by atoms with Crippen molar-refractivity contribution in [3.05, 3.63) is 47.3 Å². The second kappa shape index (κ2) is 7.94. The lowest BCUT2D eigenvalue weighted by atomic mass is 10.1. The molecule has 0 bridgehead atoms. The minimum Gasteiger partial charge on any atom is -0.493 e. The van der Waals surface area contributed by atoms with Crippen molar-refractivity contribution in [2.75, 3.05) is 21.3 Å². The van der Waals surface area contributed by atoms with Gasteiger partial charge in [-0.05, 0) is 29.8 Å². The van der Waals surface area contributed by atoms with Gasteiger partial charge in [-0.2, -0.15) is 13.2 Å². The van der Waals surface area contributed by atoms with E-state index in [2.05, 4.69) is 10.3 Å². The van der Waals surface area contributed by atoms with E-state index in [9.17, 15) is 18.0 Å². The number of hydrogen-bond acceptors (Lipinski definition) is 5.